The van der Waals surface area contributed by atoms with Gasteiger partial charge in [0.2, 0.25) is 0 Å². The lowest BCUT2D eigenvalue weighted by Crippen LogP contribution is -3.00. The quantitative estimate of drug-likeness (QED) is 0.236. The summed E-state index contributed by atoms with van der Waals surface area (Å²) in [5.41, 5.74) is 0.389. The van der Waals surface area contributed by atoms with E-state index in [1.165, 1.54) is 38.8 Å². The maximum absolute atomic E-state index is 12.4. The third-order valence-electron chi connectivity index (χ3n) is 8.94. The van der Waals surface area contributed by atoms with Crippen LogP contribution in [-0.2, 0) is 19.9 Å². The van der Waals surface area contributed by atoms with Crippen LogP contribution in [0.2, 0.25) is 0 Å². The number of carbonyl (C=O) groups excluding carboxylic acids is 1. The van der Waals surface area contributed by atoms with E-state index in [-0.39, 0.29) is 29.1 Å². The van der Waals surface area contributed by atoms with Gasteiger partial charge in [-0.2, -0.15) is 0 Å². The van der Waals surface area contributed by atoms with Gasteiger partial charge in [-0.25, -0.2) is 0 Å². The molecule has 3 heterocycles. The van der Waals surface area contributed by atoms with Gasteiger partial charge >= 0.3 is 5.97 Å². The molecule has 0 spiro atoms. The highest BCUT2D eigenvalue weighted by Crippen LogP contribution is 2.45. The zero-order chi connectivity index (χ0) is 24.8. The molecule has 2 unspecified atom stereocenters. The molecule has 0 N–H and O–H groups in total. The van der Waals surface area contributed by atoms with Gasteiger partial charge < -0.3 is 35.7 Å². The van der Waals surface area contributed by atoms with Gasteiger partial charge in [0.25, 0.3) is 0 Å². The van der Waals surface area contributed by atoms with Crippen molar-refractivity contribution in [3.63, 3.8) is 0 Å². The molecule has 3 saturated heterocycles. The Morgan fingerprint density at radius 1 is 0.946 bits per heavy atom. The van der Waals surface area contributed by atoms with Crippen molar-refractivity contribution < 1.29 is 40.5 Å². The lowest BCUT2D eigenvalue weighted by molar-refractivity contribution is -0.946. The maximum atomic E-state index is 12.4. The van der Waals surface area contributed by atoms with E-state index in [1.54, 1.807) is 6.92 Å². The highest BCUT2D eigenvalue weighted by Gasteiger charge is 2.50. The standard InChI is InChI=1S/C31H42NO4.BrH/c1-25(33)36-31(28-13-8-9-14-28,27-11-4-2-5-12-27)24-35-30-23-32(20-17-26(30)18-21-32)19-10-22-34-29-15-6-3-7-16-29;/h2-7,11-12,15-16,26,28,30H,8-10,13-14,17-24H2,1H3;1H/q+1;/p-1. The van der Waals surface area contributed by atoms with Gasteiger partial charge in [0.05, 0.1) is 32.8 Å². The number of nitrogens with zero attached hydrogens (tertiary/aromatic N) is 1. The van der Waals surface area contributed by atoms with Crippen molar-refractivity contribution in [1.29, 1.82) is 0 Å². The summed E-state index contributed by atoms with van der Waals surface area (Å²) in [6.45, 7) is 7.43. The minimum atomic E-state index is -0.691. The fourth-order valence-electron chi connectivity index (χ4n) is 7.04. The van der Waals surface area contributed by atoms with E-state index in [1.807, 2.05) is 36.4 Å². The van der Waals surface area contributed by atoms with Crippen LogP contribution in [-0.4, -0.2) is 55.9 Å². The molecule has 2 aromatic carbocycles. The summed E-state index contributed by atoms with van der Waals surface area (Å²) in [6, 6.07) is 20.5. The number of halogens is 1. The zero-order valence-electron chi connectivity index (χ0n) is 22.2. The van der Waals surface area contributed by atoms with Crippen LogP contribution < -0.4 is 21.7 Å². The number of hydrogen-bond donors (Lipinski definition) is 0. The average molecular weight is 573 g/mol. The van der Waals surface area contributed by atoms with Crippen molar-refractivity contribution in [2.24, 2.45) is 11.8 Å². The van der Waals surface area contributed by atoms with Crippen molar-refractivity contribution in [3.05, 3.63) is 66.2 Å². The SMILES string of the molecule is CC(=O)OC(COC1C[N+]2(CCCOc3ccccc3)CCC1CC2)(c1ccccc1)C1CCCC1.[Br-]. The molecule has 37 heavy (non-hydrogen) atoms. The van der Waals surface area contributed by atoms with Crippen LogP contribution in [0.25, 0.3) is 0 Å². The lowest BCUT2D eigenvalue weighted by Gasteiger charge is -2.53. The normalized spacial score (nSPS) is 26.7. The van der Waals surface area contributed by atoms with Crippen LogP contribution in [0.4, 0.5) is 0 Å². The van der Waals surface area contributed by atoms with Gasteiger partial charge in [-0.15, -0.1) is 0 Å². The zero-order valence-corrected chi connectivity index (χ0v) is 23.7. The number of ether oxygens (including phenoxy) is 3. The van der Waals surface area contributed by atoms with E-state index in [0.717, 1.165) is 54.8 Å². The first-order valence-corrected chi connectivity index (χ1v) is 14.0. The van der Waals surface area contributed by atoms with E-state index in [2.05, 4.69) is 24.3 Å². The number of para-hydroxylation sites is 1. The van der Waals surface area contributed by atoms with Crippen molar-refractivity contribution >= 4 is 5.97 Å². The van der Waals surface area contributed by atoms with E-state index >= 15 is 0 Å². The Morgan fingerprint density at radius 3 is 2.24 bits per heavy atom. The average Bonchev–Trinajstić information content (AvgIpc) is 3.46. The molecule has 2 aromatic rings. The maximum Gasteiger partial charge on any atom is 0.303 e. The monoisotopic (exact) mass is 571 g/mol. The molecule has 4 fully saturated rings. The number of hydrogen-bond acceptors (Lipinski definition) is 4. The molecule has 0 amide bonds. The third kappa shape index (κ3) is 6.58. The minimum absolute atomic E-state index is 0. The molecule has 2 bridgehead atoms. The van der Waals surface area contributed by atoms with E-state index < -0.39 is 5.60 Å². The van der Waals surface area contributed by atoms with Gasteiger partial charge in [-0.05, 0) is 30.5 Å². The largest absolute Gasteiger partial charge is 1.00 e. The van der Waals surface area contributed by atoms with Crippen LogP contribution in [0.1, 0.15) is 57.4 Å². The highest BCUT2D eigenvalue weighted by molar-refractivity contribution is 5.67. The van der Waals surface area contributed by atoms with Crippen molar-refractivity contribution in [3.8, 4) is 5.75 Å². The van der Waals surface area contributed by atoms with Crippen LogP contribution in [0.3, 0.4) is 0 Å². The Balaban J connectivity index is 0.00000320. The number of piperidine rings is 3. The van der Waals surface area contributed by atoms with Crippen molar-refractivity contribution in [2.45, 2.75) is 63.6 Å². The Hall–Kier alpha value is -1.89. The number of fused-ring (bicyclic) bond motifs is 3. The van der Waals surface area contributed by atoms with Crippen LogP contribution in [0.5, 0.6) is 5.75 Å². The van der Waals surface area contributed by atoms with E-state index in [0.29, 0.717) is 18.4 Å². The number of benzene rings is 2. The molecule has 0 radical (unpaired) electrons. The lowest BCUT2D eigenvalue weighted by atomic mass is 9.79. The summed E-state index contributed by atoms with van der Waals surface area (Å²) in [7, 11) is 0. The van der Waals surface area contributed by atoms with Crippen LogP contribution in [0, 0.1) is 11.8 Å². The second-order valence-corrected chi connectivity index (χ2v) is 11.2. The summed E-state index contributed by atoms with van der Waals surface area (Å²) in [6.07, 6.45) is 8.27. The van der Waals surface area contributed by atoms with E-state index in [9.17, 15) is 4.79 Å². The summed E-state index contributed by atoms with van der Waals surface area (Å²) in [5, 5.41) is 0. The molecule has 6 rings (SSSR count). The third-order valence-corrected chi connectivity index (χ3v) is 8.94. The molecule has 5 nitrogen and oxygen atoms in total. The molecule has 2 atom stereocenters. The Kier molecular flexibility index (Phi) is 9.71. The Bertz CT molecular complexity index is 973. The topological polar surface area (TPSA) is 44.8 Å². The van der Waals surface area contributed by atoms with E-state index in [4.69, 9.17) is 14.2 Å². The predicted molar refractivity (Wildman–Crippen MR) is 141 cm³/mol. The molecule has 1 saturated carbocycles. The second-order valence-electron chi connectivity index (χ2n) is 11.2. The van der Waals surface area contributed by atoms with Gasteiger partial charge in [0, 0.05) is 38.0 Å². The number of carbonyl (C=O) groups is 1. The first kappa shape index (κ1) is 28.1. The summed E-state index contributed by atoms with van der Waals surface area (Å²) in [5.74, 6) is 1.65. The van der Waals surface area contributed by atoms with Gasteiger partial charge in [-0.3, -0.25) is 4.79 Å². The number of quaternary nitrogens is 1. The molecule has 1 aliphatic carbocycles. The first-order valence-electron chi connectivity index (χ1n) is 14.0. The molecule has 6 heteroatoms. The Morgan fingerprint density at radius 2 is 1.59 bits per heavy atom. The highest BCUT2D eigenvalue weighted by atomic mass is 79.9. The molecule has 202 valence electrons. The van der Waals surface area contributed by atoms with Gasteiger partial charge in [0.1, 0.15) is 18.4 Å². The Labute approximate surface area is 232 Å². The first-order chi connectivity index (χ1) is 17.6. The van der Waals surface area contributed by atoms with Crippen LogP contribution >= 0.6 is 0 Å². The van der Waals surface area contributed by atoms with Gasteiger partial charge in [0.15, 0.2) is 5.60 Å². The number of rotatable bonds is 11. The molecular weight excluding hydrogens is 530 g/mol. The van der Waals surface area contributed by atoms with Crippen LogP contribution in [0.15, 0.2) is 60.7 Å². The predicted octanol–water partition coefficient (Wildman–Crippen LogP) is 2.73. The molecule has 0 aromatic heterocycles. The summed E-state index contributed by atoms with van der Waals surface area (Å²) < 4.78 is 20.2. The summed E-state index contributed by atoms with van der Waals surface area (Å²) >= 11 is 0. The molecule has 4 aliphatic rings. The fraction of sp³-hybridized carbons (Fsp3) is 0.581. The summed E-state index contributed by atoms with van der Waals surface area (Å²) in [4.78, 5) is 12.4. The van der Waals surface area contributed by atoms with Crippen molar-refractivity contribution in [1.82, 2.24) is 0 Å². The van der Waals surface area contributed by atoms with Gasteiger partial charge in [-0.1, -0.05) is 61.4 Å². The number of esters is 1. The second kappa shape index (κ2) is 12.8. The smallest absolute Gasteiger partial charge is 0.303 e. The minimum Gasteiger partial charge on any atom is -1.00 e. The fourth-order valence-corrected chi connectivity index (χ4v) is 7.04. The van der Waals surface area contributed by atoms with Crippen molar-refractivity contribution in [2.75, 3.05) is 39.4 Å². The molecule has 3 aliphatic heterocycles. The molecular formula is C31H42BrNO4.